The third-order valence-electron chi connectivity index (χ3n) is 6.95. The van der Waals surface area contributed by atoms with Gasteiger partial charge < -0.3 is 15.5 Å². The third-order valence-corrected chi connectivity index (χ3v) is 7.55. The number of rotatable bonds is 7. The van der Waals surface area contributed by atoms with Gasteiger partial charge in [-0.15, -0.1) is 5.10 Å². The molecule has 2 saturated heterocycles. The second-order valence-corrected chi connectivity index (χ2v) is 11.4. The van der Waals surface area contributed by atoms with Crippen LogP contribution in [-0.4, -0.2) is 54.6 Å². The average Bonchev–Trinajstić information content (AvgIpc) is 3.58. The number of aromatic nitrogens is 3. The molecule has 2 bridgehead atoms. The molecule has 3 N–H and O–H groups in total. The molecule has 2 aromatic carbocycles. The zero-order valence-corrected chi connectivity index (χ0v) is 21.0. The number of nitrogens with one attached hydrogen (secondary N) is 3. The Morgan fingerprint density at radius 3 is 2.67 bits per heavy atom. The fraction of sp³-hybridized carbons (Fsp3) is 0.308. The molecule has 2 aliphatic rings. The van der Waals surface area contributed by atoms with Crippen LogP contribution in [0.5, 0.6) is 0 Å². The van der Waals surface area contributed by atoms with E-state index in [1.807, 2.05) is 47.1 Å². The number of anilines is 3. The van der Waals surface area contributed by atoms with E-state index in [2.05, 4.69) is 44.3 Å². The van der Waals surface area contributed by atoms with Gasteiger partial charge in [0.15, 0.2) is 5.82 Å². The van der Waals surface area contributed by atoms with E-state index in [1.165, 1.54) is 5.56 Å². The highest BCUT2D eigenvalue weighted by Gasteiger charge is 2.39. The average molecular weight is 504 g/mol. The first-order valence-corrected chi connectivity index (χ1v) is 14.0. The number of sulfonamides is 1. The Morgan fingerprint density at radius 1 is 1.11 bits per heavy atom. The highest BCUT2D eigenvalue weighted by Crippen LogP contribution is 2.36. The van der Waals surface area contributed by atoms with Crippen molar-refractivity contribution in [2.45, 2.75) is 31.5 Å². The van der Waals surface area contributed by atoms with E-state index in [9.17, 15) is 8.42 Å². The molecule has 0 amide bonds. The molecule has 0 spiro atoms. The van der Waals surface area contributed by atoms with Gasteiger partial charge in [0, 0.05) is 48.9 Å². The highest BCUT2D eigenvalue weighted by atomic mass is 32.2. The fourth-order valence-electron chi connectivity index (χ4n) is 5.28. The predicted octanol–water partition coefficient (Wildman–Crippen LogP) is 3.52. The van der Waals surface area contributed by atoms with Gasteiger partial charge in [-0.1, -0.05) is 30.3 Å². The maximum Gasteiger partial charge on any atom is 0.229 e. The molecule has 2 aromatic heterocycles. The van der Waals surface area contributed by atoms with Gasteiger partial charge in [-0.25, -0.2) is 18.1 Å². The van der Waals surface area contributed by atoms with Crippen LogP contribution in [0, 0.1) is 0 Å². The van der Waals surface area contributed by atoms with Gasteiger partial charge in [0.25, 0.3) is 0 Å². The summed E-state index contributed by atoms with van der Waals surface area (Å²) in [5.41, 5.74) is 3.36. The molecule has 0 saturated carbocycles. The SMILES string of the molecule is C[C@H](Nc1cc(-n2nc(N3C[C@@H]4C[C@H]3CN4)c3ccc(NS(C)(=O)=O)cc32)ccn1)c1ccccc1. The van der Waals surface area contributed by atoms with Crippen LogP contribution >= 0.6 is 0 Å². The van der Waals surface area contributed by atoms with E-state index < -0.39 is 10.0 Å². The summed E-state index contributed by atoms with van der Waals surface area (Å²) in [4.78, 5) is 6.91. The number of benzene rings is 2. The summed E-state index contributed by atoms with van der Waals surface area (Å²) < 4.78 is 28.3. The molecule has 4 heterocycles. The van der Waals surface area contributed by atoms with E-state index in [1.54, 1.807) is 12.3 Å². The van der Waals surface area contributed by atoms with Crippen molar-refractivity contribution in [1.29, 1.82) is 0 Å². The Bertz CT molecular complexity index is 1520. The number of hydrogen-bond donors (Lipinski definition) is 3. The van der Waals surface area contributed by atoms with Crippen LogP contribution in [-0.2, 0) is 10.0 Å². The van der Waals surface area contributed by atoms with Crippen LogP contribution in [0.1, 0.15) is 24.9 Å². The second-order valence-electron chi connectivity index (χ2n) is 9.66. The quantitative estimate of drug-likeness (QED) is 0.355. The molecule has 4 aromatic rings. The topological polar surface area (TPSA) is 104 Å². The number of piperazine rings is 1. The van der Waals surface area contributed by atoms with Gasteiger partial charge in [0.2, 0.25) is 10.0 Å². The molecule has 6 rings (SSSR count). The van der Waals surface area contributed by atoms with E-state index in [0.29, 0.717) is 17.8 Å². The van der Waals surface area contributed by atoms with E-state index >= 15 is 0 Å². The fourth-order valence-corrected chi connectivity index (χ4v) is 5.84. The van der Waals surface area contributed by atoms with Crippen LogP contribution in [0.4, 0.5) is 17.3 Å². The Balaban J connectivity index is 1.41. The zero-order valence-electron chi connectivity index (χ0n) is 20.2. The van der Waals surface area contributed by atoms with Crippen molar-refractivity contribution in [3.05, 3.63) is 72.4 Å². The van der Waals surface area contributed by atoms with Crippen molar-refractivity contribution in [2.75, 3.05) is 34.3 Å². The lowest BCUT2D eigenvalue weighted by molar-refractivity contribution is 0.575. The monoisotopic (exact) mass is 503 g/mol. The second kappa shape index (κ2) is 8.79. The smallest absolute Gasteiger partial charge is 0.229 e. The van der Waals surface area contributed by atoms with Crippen molar-refractivity contribution >= 4 is 38.2 Å². The minimum Gasteiger partial charge on any atom is -0.363 e. The summed E-state index contributed by atoms with van der Waals surface area (Å²) in [6, 6.07) is 20.7. The van der Waals surface area contributed by atoms with Crippen molar-refractivity contribution in [1.82, 2.24) is 20.1 Å². The summed E-state index contributed by atoms with van der Waals surface area (Å²) in [5.74, 6) is 1.66. The standard InChI is InChI=1S/C26H29N7O2S/c1-17(18-6-4-3-5-7-18)29-25-14-21(10-11-27-25)33-24-13-19(31-36(2,34)35)8-9-23(24)26(30-33)32-16-20-12-22(32)15-28-20/h3-11,13-14,17,20,22,28,31H,12,15-16H2,1-2H3,(H,27,29)/t17-,20-,22-/m0/s1. The molecular formula is C26H29N7O2S. The highest BCUT2D eigenvalue weighted by molar-refractivity contribution is 7.92. The van der Waals surface area contributed by atoms with Crippen LogP contribution in [0.25, 0.3) is 16.6 Å². The minimum absolute atomic E-state index is 0.0806. The van der Waals surface area contributed by atoms with Gasteiger partial charge in [0.05, 0.1) is 23.1 Å². The Kier molecular flexibility index (Phi) is 5.57. The Labute approximate surface area is 210 Å². The Morgan fingerprint density at radius 2 is 1.94 bits per heavy atom. The molecule has 0 unspecified atom stereocenters. The van der Waals surface area contributed by atoms with Crippen molar-refractivity contribution in [3.63, 3.8) is 0 Å². The molecule has 186 valence electrons. The first kappa shape index (κ1) is 22.8. The molecule has 36 heavy (non-hydrogen) atoms. The normalized spacial score (nSPS) is 20.1. The van der Waals surface area contributed by atoms with E-state index in [4.69, 9.17) is 5.10 Å². The lowest BCUT2D eigenvalue weighted by Crippen LogP contribution is -2.43. The van der Waals surface area contributed by atoms with Gasteiger partial charge >= 0.3 is 0 Å². The predicted molar refractivity (Wildman–Crippen MR) is 143 cm³/mol. The first-order chi connectivity index (χ1) is 17.3. The molecule has 0 aliphatic carbocycles. The van der Waals surface area contributed by atoms with E-state index in [-0.39, 0.29) is 6.04 Å². The van der Waals surface area contributed by atoms with Gasteiger partial charge in [-0.3, -0.25) is 4.72 Å². The lowest BCUT2D eigenvalue weighted by Gasteiger charge is -2.27. The van der Waals surface area contributed by atoms with E-state index in [0.717, 1.165) is 54.0 Å². The maximum absolute atomic E-state index is 11.9. The largest absolute Gasteiger partial charge is 0.363 e. The molecule has 0 radical (unpaired) electrons. The summed E-state index contributed by atoms with van der Waals surface area (Å²) in [6.07, 6.45) is 4.04. The number of nitrogens with zero attached hydrogens (tertiary/aromatic N) is 4. The molecule has 9 nitrogen and oxygen atoms in total. The summed E-state index contributed by atoms with van der Waals surface area (Å²) in [5, 5.41) is 13.1. The molecule has 3 atom stereocenters. The third kappa shape index (κ3) is 4.38. The number of pyridine rings is 1. The molecule has 2 aliphatic heterocycles. The summed E-state index contributed by atoms with van der Waals surface area (Å²) in [7, 11) is -3.40. The molecular weight excluding hydrogens is 474 g/mol. The first-order valence-electron chi connectivity index (χ1n) is 12.1. The van der Waals surface area contributed by atoms with Crippen LogP contribution in [0.3, 0.4) is 0 Å². The van der Waals surface area contributed by atoms with Crippen LogP contribution in [0.15, 0.2) is 66.9 Å². The number of hydrogen-bond acceptors (Lipinski definition) is 7. The van der Waals surface area contributed by atoms with Crippen molar-refractivity contribution in [3.8, 4) is 5.69 Å². The maximum atomic E-state index is 11.9. The van der Waals surface area contributed by atoms with Gasteiger partial charge in [-0.2, -0.15) is 0 Å². The van der Waals surface area contributed by atoms with Crippen LogP contribution < -0.4 is 20.3 Å². The van der Waals surface area contributed by atoms with Crippen molar-refractivity contribution in [2.24, 2.45) is 0 Å². The van der Waals surface area contributed by atoms with Crippen LogP contribution in [0.2, 0.25) is 0 Å². The molecule has 10 heteroatoms. The van der Waals surface area contributed by atoms with Gasteiger partial charge in [-0.05, 0) is 43.2 Å². The minimum atomic E-state index is -3.40. The lowest BCUT2D eigenvalue weighted by atomic mass is 10.1. The summed E-state index contributed by atoms with van der Waals surface area (Å²) >= 11 is 0. The molecule has 2 fully saturated rings. The number of fused-ring (bicyclic) bond motifs is 3. The Hall–Kier alpha value is -3.63. The summed E-state index contributed by atoms with van der Waals surface area (Å²) in [6.45, 7) is 3.97. The zero-order chi connectivity index (χ0) is 24.9. The van der Waals surface area contributed by atoms with Gasteiger partial charge in [0.1, 0.15) is 5.82 Å². The van der Waals surface area contributed by atoms with Crippen molar-refractivity contribution < 1.29 is 8.42 Å².